The summed E-state index contributed by atoms with van der Waals surface area (Å²) in [5.41, 5.74) is 5.86. The SMILES string of the molecule is C=C/C(=C\N=CC)n1c2cccc3ccc4c(c32)c1cc1ccn(C2=CC=CC=CC2)c14. The van der Waals surface area contributed by atoms with Gasteiger partial charge in [0.1, 0.15) is 0 Å². The molecule has 32 heavy (non-hydrogen) atoms. The number of nitrogens with zero attached hydrogens (tertiary/aromatic N) is 3. The highest BCUT2D eigenvalue weighted by molar-refractivity contribution is 6.30. The Morgan fingerprint density at radius 3 is 2.81 bits per heavy atom. The van der Waals surface area contributed by atoms with E-state index in [9.17, 15) is 0 Å². The average Bonchev–Trinajstić information content (AvgIpc) is 3.27. The third-order valence-electron chi connectivity index (χ3n) is 6.33. The van der Waals surface area contributed by atoms with Gasteiger partial charge in [-0.1, -0.05) is 55.1 Å². The Bertz CT molecular complexity index is 1660. The molecule has 0 saturated carbocycles. The monoisotopic (exact) mass is 413 g/mol. The van der Waals surface area contributed by atoms with Crippen LogP contribution in [0.1, 0.15) is 13.3 Å². The highest BCUT2D eigenvalue weighted by Crippen LogP contribution is 2.42. The largest absolute Gasteiger partial charge is 0.319 e. The molecule has 0 spiro atoms. The lowest BCUT2D eigenvalue weighted by Gasteiger charge is -2.12. The van der Waals surface area contributed by atoms with Gasteiger partial charge in [0, 0.05) is 46.1 Å². The van der Waals surface area contributed by atoms with Crippen molar-refractivity contribution in [2.24, 2.45) is 4.99 Å². The van der Waals surface area contributed by atoms with Crippen molar-refractivity contribution >= 4 is 61.1 Å². The third kappa shape index (κ3) is 2.58. The number of aromatic nitrogens is 2. The molecule has 0 aliphatic heterocycles. The van der Waals surface area contributed by atoms with Crippen LogP contribution in [0.15, 0.2) is 103 Å². The summed E-state index contributed by atoms with van der Waals surface area (Å²) in [7, 11) is 0. The average molecular weight is 414 g/mol. The van der Waals surface area contributed by atoms with Gasteiger partial charge in [0.15, 0.2) is 0 Å². The predicted octanol–water partition coefficient (Wildman–Crippen LogP) is 7.77. The van der Waals surface area contributed by atoms with E-state index in [0.29, 0.717) is 0 Å². The lowest BCUT2D eigenvalue weighted by atomic mass is 10.0. The maximum Gasteiger partial charge on any atom is 0.0638 e. The van der Waals surface area contributed by atoms with Crippen molar-refractivity contribution in [1.82, 2.24) is 9.13 Å². The van der Waals surface area contributed by atoms with E-state index in [1.165, 1.54) is 49.2 Å². The van der Waals surface area contributed by atoms with Crippen molar-refractivity contribution in [2.75, 3.05) is 0 Å². The second kappa shape index (κ2) is 7.24. The van der Waals surface area contributed by atoms with Crippen LogP contribution in [-0.4, -0.2) is 15.3 Å². The lowest BCUT2D eigenvalue weighted by molar-refractivity contribution is 1.10. The Balaban J connectivity index is 1.78. The minimum atomic E-state index is 0.906. The molecule has 1 aliphatic carbocycles. The second-order valence-electron chi connectivity index (χ2n) is 8.06. The van der Waals surface area contributed by atoms with Crippen LogP contribution in [-0.2, 0) is 0 Å². The van der Waals surface area contributed by atoms with Crippen molar-refractivity contribution in [3.63, 3.8) is 0 Å². The molecule has 0 atom stereocenters. The molecule has 5 aromatic rings. The number of allylic oxidation sites excluding steroid dienone is 8. The topological polar surface area (TPSA) is 22.2 Å². The zero-order valence-electron chi connectivity index (χ0n) is 18.0. The number of hydrogen-bond acceptors (Lipinski definition) is 1. The summed E-state index contributed by atoms with van der Waals surface area (Å²) in [6, 6.07) is 15.6. The molecule has 2 aromatic heterocycles. The molecule has 0 unspecified atom stereocenters. The van der Waals surface area contributed by atoms with Crippen molar-refractivity contribution in [3.05, 3.63) is 97.9 Å². The molecular weight excluding hydrogens is 390 g/mol. The van der Waals surface area contributed by atoms with Crippen molar-refractivity contribution in [2.45, 2.75) is 13.3 Å². The molecule has 2 heterocycles. The van der Waals surface area contributed by atoms with Crippen LogP contribution >= 0.6 is 0 Å². The first kappa shape index (κ1) is 18.6. The first-order valence-electron chi connectivity index (χ1n) is 10.9. The summed E-state index contributed by atoms with van der Waals surface area (Å²) < 4.78 is 4.63. The summed E-state index contributed by atoms with van der Waals surface area (Å²) in [6.07, 6.45) is 19.4. The lowest BCUT2D eigenvalue weighted by Crippen LogP contribution is -1.96. The minimum absolute atomic E-state index is 0.906. The zero-order valence-corrected chi connectivity index (χ0v) is 18.0. The molecule has 0 fully saturated rings. The summed E-state index contributed by atoms with van der Waals surface area (Å²) in [5.74, 6) is 0. The molecule has 3 aromatic carbocycles. The first-order chi connectivity index (χ1) is 15.8. The van der Waals surface area contributed by atoms with E-state index in [-0.39, 0.29) is 0 Å². The van der Waals surface area contributed by atoms with E-state index in [4.69, 9.17) is 0 Å². The van der Waals surface area contributed by atoms with Crippen molar-refractivity contribution in [1.29, 1.82) is 0 Å². The molecule has 6 rings (SSSR count). The van der Waals surface area contributed by atoms with E-state index >= 15 is 0 Å². The number of rotatable bonds is 4. The molecule has 0 radical (unpaired) electrons. The van der Waals surface area contributed by atoms with Gasteiger partial charge in [0.05, 0.1) is 28.4 Å². The molecule has 0 saturated heterocycles. The highest BCUT2D eigenvalue weighted by Gasteiger charge is 2.20. The van der Waals surface area contributed by atoms with Gasteiger partial charge in [-0.3, -0.25) is 4.99 Å². The molecule has 0 amide bonds. The van der Waals surface area contributed by atoms with Crippen LogP contribution in [0.3, 0.4) is 0 Å². The Labute approximate surface area is 186 Å². The van der Waals surface area contributed by atoms with Crippen LogP contribution in [0.5, 0.6) is 0 Å². The van der Waals surface area contributed by atoms with Crippen LogP contribution in [0.4, 0.5) is 0 Å². The van der Waals surface area contributed by atoms with Crippen molar-refractivity contribution < 1.29 is 0 Å². The summed E-state index contributed by atoms with van der Waals surface area (Å²) in [4.78, 5) is 4.39. The van der Waals surface area contributed by atoms with E-state index in [2.05, 4.69) is 99.7 Å². The van der Waals surface area contributed by atoms with Gasteiger partial charge in [-0.05, 0) is 42.7 Å². The van der Waals surface area contributed by atoms with E-state index in [1.807, 2.05) is 19.2 Å². The van der Waals surface area contributed by atoms with Gasteiger partial charge in [-0.25, -0.2) is 0 Å². The molecule has 0 N–H and O–H groups in total. The maximum atomic E-state index is 4.39. The second-order valence-corrected chi connectivity index (χ2v) is 8.06. The van der Waals surface area contributed by atoms with Gasteiger partial charge >= 0.3 is 0 Å². The smallest absolute Gasteiger partial charge is 0.0638 e. The Morgan fingerprint density at radius 1 is 1.00 bits per heavy atom. The Kier molecular flexibility index (Phi) is 4.22. The van der Waals surface area contributed by atoms with Crippen LogP contribution in [0.25, 0.3) is 54.9 Å². The van der Waals surface area contributed by atoms with E-state index < -0.39 is 0 Å². The molecule has 154 valence electrons. The molecule has 3 heteroatoms. The van der Waals surface area contributed by atoms with Crippen LogP contribution in [0.2, 0.25) is 0 Å². The van der Waals surface area contributed by atoms with Gasteiger partial charge in [-0.2, -0.15) is 0 Å². The molecular formula is C29H23N3. The number of hydrogen-bond donors (Lipinski definition) is 0. The summed E-state index contributed by atoms with van der Waals surface area (Å²) in [6.45, 7) is 6.00. The van der Waals surface area contributed by atoms with Gasteiger partial charge in [0.2, 0.25) is 0 Å². The number of fused-ring (bicyclic) bond motifs is 2. The third-order valence-corrected chi connectivity index (χ3v) is 6.33. The highest BCUT2D eigenvalue weighted by atomic mass is 15.0. The first-order valence-corrected chi connectivity index (χ1v) is 10.9. The van der Waals surface area contributed by atoms with E-state index in [0.717, 1.165) is 12.1 Å². The number of aliphatic imine (C=N–C) groups is 1. The molecule has 1 aliphatic rings. The van der Waals surface area contributed by atoms with E-state index in [1.54, 1.807) is 6.21 Å². The quantitative estimate of drug-likeness (QED) is 0.163. The minimum Gasteiger partial charge on any atom is -0.319 e. The van der Waals surface area contributed by atoms with Gasteiger partial charge in [-0.15, -0.1) is 0 Å². The van der Waals surface area contributed by atoms with Crippen molar-refractivity contribution in [3.8, 4) is 0 Å². The number of benzene rings is 3. The summed E-state index contributed by atoms with van der Waals surface area (Å²) in [5, 5.41) is 6.32. The Morgan fingerprint density at radius 2 is 1.94 bits per heavy atom. The zero-order chi connectivity index (χ0) is 21.7. The van der Waals surface area contributed by atoms with Gasteiger partial charge in [0.25, 0.3) is 0 Å². The Hall–Kier alpha value is -4.11. The molecule has 0 bridgehead atoms. The molecule has 3 nitrogen and oxygen atoms in total. The predicted molar refractivity (Wildman–Crippen MR) is 139 cm³/mol. The normalized spacial score (nSPS) is 15.0. The maximum absolute atomic E-state index is 4.39. The van der Waals surface area contributed by atoms with Crippen LogP contribution in [0, 0.1) is 0 Å². The fraction of sp³-hybridized carbons (Fsp3) is 0.0690. The van der Waals surface area contributed by atoms with Crippen LogP contribution < -0.4 is 0 Å². The fourth-order valence-electron chi connectivity index (χ4n) is 5.00. The summed E-state index contributed by atoms with van der Waals surface area (Å²) >= 11 is 0. The van der Waals surface area contributed by atoms with Gasteiger partial charge < -0.3 is 9.13 Å². The standard InChI is InChI=1S/C29H23N3/c1-3-22(19-30-4-2)32-25-13-9-10-20-14-15-24-28(27(20)25)26(32)18-21-16-17-31(29(21)24)23-11-7-5-6-8-12-23/h3-11,13-19H,1,12H2,2H3/b22-19+,30-4?. The fourth-order valence-corrected chi connectivity index (χ4v) is 5.00.